The molecule has 0 radical (unpaired) electrons. The van der Waals surface area contributed by atoms with Crippen molar-refractivity contribution >= 4 is 34.8 Å². The quantitative estimate of drug-likeness (QED) is 0.671. The number of benzene rings is 2. The zero-order valence-corrected chi connectivity index (χ0v) is 16.1. The van der Waals surface area contributed by atoms with Gasteiger partial charge in [-0.05, 0) is 61.2 Å². The molecule has 0 saturated heterocycles. The second-order valence-electron chi connectivity index (χ2n) is 7.22. The maximum atomic E-state index is 12.5. The molecular weight excluding hydrogens is 354 g/mol. The van der Waals surface area contributed by atoms with Gasteiger partial charge in [-0.2, -0.15) is 0 Å². The lowest BCUT2D eigenvalue weighted by Gasteiger charge is -2.09. The Labute approximate surface area is 164 Å². The highest BCUT2D eigenvalue weighted by molar-refractivity contribution is 6.05. The third kappa shape index (κ3) is 5.19. The molecule has 0 aromatic heterocycles. The average molecular weight is 379 g/mol. The predicted octanol–water partition coefficient (Wildman–Crippen LogP) is 4.27. The van der Waals surface area contributed by atoms with Crippen LogP contribution in [0.1, 0.15) is 43.5 Å². The Bertz CT molecular complexity index is 877. The Hall–Kier alpha value is -3.15. The zero-order chi connectivity index (χ0) is 20.1. The van der Waals surface area contributed by atoms with Gasteiger partial charge in [0.05, 0.1) is 0 Å². The molecule has 0 bridgehead atoms. The monoisotopic (exact) mass is 379 g/mol. The fraction of sp³-hybridized carbons (Fsp3) is 0.318. The van der Waals surface area contributed by atoms with E-state index in [1.54, 1.807) is 48.5 Å². The van der Waals surface area contributed by atoms with Crippen LogP contribution >= 0.6 is 0 Å². The van der Waals surface area contributed by atoms with Crippen LogP contribution in [0.5, 0.6) is 0 Å². The van der Waals surface area contributed by atoms with Gasteiger partial charge in [0.15, 0.2) is 0 Å². The summed E-state index contributed by atoms with van der Waals surface area (Å²) in [7, 11) is 0. The highest BCUT2D eigenvalue weighted by Crippen LogP contribution is 2.38. The minimum absolute atomic E-state index is 0.0339. The lowest BCUT2D eigenvalue weighted by Crippen LogP contribution is -2.15. The van der Waals surface area contributed by atoms with Crippen molar-refractivity contribution in [2.45, 2.75) is 33.1 Å². The van der Waals surface area contributed by atoms with Crippen molar-refractivity contribution in [1.29, 1.82) is 0 Å². The molecule has 3 N–H and O–H groups in total. The van der Waals surface area contributed by atoms with Gasteiger partial charge in [-0.1, -0.05) is 19.9 Å². The second kappa shape index (κ2) is 8.69. The largest absolute Gasteiger partial charge is 0.326 e. The molecule has 6 nitrogen and oxygen atoms in total. The van der Waals surface area contributed by atoms with E-state index >= 15 is 0 Å². The molecule has 1 aliphatic carbocycles. The van der Waals surface area contributed by atoms with Gasteiger partial charge in [0.2, 0.25) is 11.8 Å². The topological polar surface area (TPSA) is 87.3 Å². The number of hydrogen-bond acceptors (Lipinski definition) is 3. The van der Waals surface area contributed by atoms with Crippen molar-refractivity contribution in [3.05, 3.63) is 54.1 Å². The summed E-state index contributed by atoms with van der Waals surface area (Å²) < 4.78 is 0. The van der Waals surface area contributed by atoms with E-state index in [4.69, 9.17) is 0 Å². The molecule has 28 heavy (non-hydrogen) atoms. The Kier molecular flexibility index (Phi) is 6.09. The third-order valence-electron chi connectivity index (χ3n) is 4.74. The Morgan fingerprint density at radius 1 is 0.929 bits per heavy atom. The van der Waals surface area contributed by atoms with Crippen LogP contribution in [0.2, 0.25) is 0 Å². The summed E-state index contributed by atoms with van der Waals surface area (Å²) in [5, 5.41) is 8.50. The first-order valence-electron chi connectivity index (χ1n) is 9.58. The third-order valence-corrected chi connectivity index (χ3v) is 4.74. The lowest BCUT2D eigenvalue weighted by molar-refractivity contribution is -0.118. The molecule has 2 aromatic rings. The van der Waals surface area contributed by atoms with Crippen LogP contribution in [0.3, 0.4) is 0 Å². The Balaban J connectivity index is 1.58. The number of amides is 3. The molecular formula is C22H25N3O3. The zero-order valence-electron chi connectivity index (χ0n) is 16.1. The van der Waals surface area contributed by atoms with Crippen molar-refractivity contribution < 1.29 is 14.4 Å². The Morgan fingerprint density at radius 3 is 2.18 bits per heavy atom. The van der Waals surface area contributed by atoms with E-state index in [1.807, 2.05) is 6.92 Å². The normalized spacial score (nSPS) is 17.5. The van der Waals surface area contributed by atoms with E-state index < -0.39 is 0 Å². The number of rotatable bonds is 7. The molecule has 3 amide bonds. The van der Waals surface area contributed by atoms with Gasteiger partial charge in [0.25, 0.3) is 5.91 Å². The van der Waals surface area contributed by atoms with Crippen molar-refractivity contribution in [3.8, 4) is 0 Å². The number of anilines is 3. The van der Waals surface area contributed by atoms with Gasteiger partial charge < -0.3 is 16.0 Å². The first-order chi connectivity index (χ1) is 13.5. The van der Waals surface area contributed by atoms with Crippen LogP contribution in [0.4, 0.5) is 17.1 Å². The number of carbonyl (C=O) groups is 3. The van der Waals surface area contributed by atoms with Crippen LogP contribution in [-0.4, -0.2) is 17.7 Å². The summed E-state index contributed by atoms with van der Waals surface area (Å²) >= 11 is 0. The first kappa shape index (κ1) is 19.6. The van der Waals surface area contributed by atoms with Gasteiger partial charge in [0, 0.05) is 35.0 Å². The summed E-state index contributed by atoms with van der Waals surface area (Å²) in [5.74, 6) is 0.280. The maximum absolute atomic E-state index is 12.5. The van der Waals surface area contributed by atoms with Crippen LogP contribution in [-0.2, 0) is 9.59 Å². The van der Waals surface area contributed by atoms with Crippen molar-refractivity contribution in [1.82, 2.24) is 0 Å². The SMILES string of the molecule is CCCC(=O)Nc1cccc(NC(=O)c2ccc(NC(=O)C3CC3C)cc2)c1. The molecule has 0 spiro atoms. The number of hydrogen-bond donors (Lipinski definition) is 3. The number of carbonyl (C=O) groups excluding carboxylic acids is 3. The molecule has 1 aliphatic rings. The van der Waals surface area contributed by atoms with E-state index in [0.29, 0.717) is 35.0 Å². The van der Waals surface area contributed by atoms with Crippen molar-refractivity contribution in [2.75, 3.05) is 16.0 Å². The highest BCUT2D eigenvalue weighted by Gasteiger charge is 2.39. The van der Waals surface area contributed by atoms with Gasteiger partial charge in [-0.3, -0.25) is 14.4 Å². The molecule has 146 valence electrons. The van der Waals surface area contributed by atoms with Gasteiger partial charge in [-0.25, -0.2) is 0 Å². The molecule has 0 aliphatic heterocycles. The van der Waals surface area contributed by atoms with Gasteiger partial charge >= 0.3 is 0 Å². The van der Waals surface area contributed by atoms with Gasteiger partial charge in [-0.15, -0.1) is 0 Å². The molecule has 2 aromatic carbocycles. The predicted molar refractivity (Wildman–Crippen MR) is 110 cm³/mol. The average Bonchev–Trinajstić information content (AvgIpc) is 3.39. The van der Waals surface area contributed by atoms with Crippen molar-refractivity contribution in [3.63, 3.8) is 0 Å². The van der Waals surface area contributed by atoms with E-state index in [-0.39, 0.29) is 23.6 Å². The summed E-state index contributed by atoms with van der Waals surface area (Å²) in [6.07, 6.45) is 2.17. The number of nitrogens with one attached hydrogen (secondary N) is 3. The van der Waals surface area contributed by atoms with Crippen LogP contribution < -0.4 is 16.0 Å². The van der Waals surface area contributed by atoms with Crippen LogP contribution in [0.25, 0.3) is 0 Å². The highest BCUT2D eigenvalue weighted by atomic mass is 16.2. The smallest absolute Gasteiger partial charge is 0.255 e. The molecule has 1 saturated carbocycles. The molecule has 1 fully saturated rings. The molecule has 2 atom stereocenters. The van der Waals surface area contributed by atoms with Crippen LogP contribution in [0.15, 0.2) is 48.5 Å². The molecule has 6 heteroatoms. The minimum Gasteiger partial charge on any atom is -0.326 e. The van der Waals surface area contributed by atoms with Crippen molar-refractivity contribution in [2.24, 2.45) is 11.8 Å². The summed E-state index contributed by atoms with van der Waals surface area (Å²) in [6, 6.07) is 13.8. The van der Waals surface area contributed by atoms with Crippen LogP contribution in [0, 0.1) is 11.8 Å². The summed E-state index contributed by atoms with van der Waals surface area (Å²) in [5.41, 5.74) is 2.41. The first-order valence-corrected chi connectivity index (χ1v) is 9.58. The lowest BCUT2D eigenvalue weighted by atomic mass is 10.1. The molecule has 3 rings (SSSR count). The molecule has 0 heterocycles. The summed E-state index contributed by atoms with van der Waals surface area (Å²) in [4.78, 5) is 36.1. The Morgan fingerprint density at radius 2 is 1.57 bits per heavy atom. The van der Waals surface area contributed by atoms with E-state index in [0.717, 1.165) is 12.8 Å². The molecule has 2 unspecified atom stereocenters. The van der Waals surface area contributed by atoms with E-state index in [2.05, 4.69) is 22.9 Å². The fourth-order valence-corrected chi connectivity index (χ4v) is 2.96. The fourth-order valence-electron chi connectivity index (χ4n) is 2.96. The summed E-state index contributed by atoms with van der Waals surface area (Å²) in [6.45, 7) is 4.00. The van der Waals surface area contributed by atoms with E-state index in [9.17, 15) is 14.4 Å². The maximum Gasteiger partial charge on any atom is 0.255 e. The minimum atomic E-state index is -0.259. The standard InChI is InChI=1S/C22H25N3O3/c1-3-5-20(26)23-17-6-4-7-18(13-17)25-21(27)15-8-10-16(11-9-15)24-22(28)19-12-14(19)2/h4,6-11,13-14,19H,3,5,12H2,1-2H3,(H,23,26)(H,24,28)(H,25,27). The van der Waals surface area contributed by atoms with E-state index in [1.165, 1.54) is 0 Å². The van der Waals surface area contributed by atoms with Gasteiger partial charge in [0.1, 0.15) is 0 Å². The second-order valence-corrected chi connectivity index (χ2v) is 7.22.